The van der Waals surface area contributed by atoms with Gasteiger partial charge in [0.15, 0.2) is 0 Å². The highest BCUT2D eigenvalue weighted by molar-refractivity contribution is 4.83. The standard InChI is InChI=1S/C13H26N2O/c1-15(10-11-3-2-4-11)13(9-14)12-5-7-16-8-6-12/h11-13H,2-10,14H2,1H3. The van der Waals surface area contributed by atoms with E-state index >= 15 is 0 Å². The van der Waals surface area contributed by atoms with Gasteiger partial charge in [-0.15, -0.1) is 0 Å². The van der Waals surface area contributed by atoms with Crippen molar-refractivity contribution >= 4 is 0 Å². The van der Waals surface area contributed by atoms with E-state index in [9.17, 15) is 0 Å². The number of ether oxygens (including phenoxy) is 1. The second-order valence-corrected chi connectivity index (χ2v) is 5.49. The first-order valence-electron chi connectivity index (χ1n) is 6.79. The zero-order chi connectivity index (χ0) is 11.4. The highest BCUT2D eigenvalue weighted by Gasteiger charge is 2.28. The normalized spacial score (nSPS) is 25.7. The van der Waals surface area contributed by atoms with Crippen molar-refractivity contribution in [1.29, 1.82) is 0 Å². The number of hydrogen-bond donors (Lipinski definition) is 1. The second-order valence-electron chi connectivity index (χ2n) is 5.49. The molecule has 0 radical (unpaired) electrons. The molecule has 1 unspecified atom stereocenters. The van der Waals surface area contributed by atoms with Gasteiger partial charge in [-0.05, 0) is 44.6 Å². The van der Waals surface area contributed by atoms with Crippen LogP contribution in [0.1, 0.15) is 32.1 Å². The van der Waals surface area contributed by atoms with Crippen LogP contribution >= 0.6 is 0 Å². The summed E-state index contributed by atoms with van der Waals surface area (Å²) in [4.78, 5) is 2.51. The first-order valence-corrected chi connectivity index (χ1v) is 6.79. The van der Waals surface area contributed by atoms with Crippen molar-refractivity contribution in [3.8, 4) is 0 Å². The summed E-state index contributed by atoms with van der Waals surface area (Å²) in [5.74, 6) is 1.70. The minimum atomic E-state index is 0.574. The van der Waals surface area contributed by atoms with Gasteiger partial charge < -0.3 is 15.4 Å². The molecule has 0 aromatic heterocycles. The summed E-state index contributed by atoms with van der Waals surface area (Å²) >= 11 is 0. The summed E-state index contributed by atoms with van der Waals surface area (Å²) in [7, 11) is 2.26. The summed E-state index contributed by atoms with van der Waals surface area (Å²) in [6.07, 6.45) is 6.67. The largest absolute Gasteiger partial charge is 0.381 e. The molecule has 1 saturated heterocycles. The van der Waals surface area contributed by atoms with Crippen molar-refractivity contribution in [2.75, 3.05) is 33.4 Å². The van der Waals surface area contributed by atoms with Crippen molar-refractivity contribution in [2.45, 2.75) is 38.1 Å². The van der Waals surface area contributed by atoms with E-state index in [-0.39, 0.29) is 0 Å². The van der Waals surface area contributed by atoms with Crippen LogP contribution in [0.25, 0.3) is 0 Å². The summed E-state index contributed by atoms with van der Waals surface area (Å²) in [5.41, 5.74) is 5.96. The fraction of sp³-hybridized carbons (Fsp3) is 1.00. The number of likely N-dealkylation sites (N-methyl/N-ethyl adjacent to an activating group) is 1. The average molecular weight is 226 g/mol. The molecule has 0 amide bonds. The molecule has 2 rings (SSSR count). The van der Waals surface area contributed by atoms with E-state index in [4.69, 9.17) is 10.5 Å². The Labute approximate surface area is 99.3 Å². The van der Waals surface area contributed by atoms with Crippen molar-refractivity contribution < 1.29 is 4.74 Å². The topological polar surface area (TPSA) is 38.5 Å². The summed E-state index contributed by atoms with van der Waals surface area (Å²) < 4.78 is 5.43. The summed E-state index contributed by atoms with van der Waals surface area (Å²) in [6.45, 7) is 3.91. The molecule has 1 heterocycles. The molecule has 3 heteroatoms. The first-order chi connectivity index (χ1) is 7.81. The molecule has 2 N–H and O–H groups in total. The van der Waals surface area contributed by atoms with E-state index in [0.717, 1.165) is 31.6 Å². The second kappa shape index (κ2) is 5.99. The lowest BCUT2D eigenvalue weighted by molar-refractivity contribution is 0.0273. The molecule has 1 saturated carbocycles. The van der Waals surface area contributed by atoms with E-state index in [0.29, 0.717) is 6.04 Å². The third kappa shape index (κ3) is 2.96. The van der Waals surface area contributed by atoms with Crippen LogP contribution in [-0.2, 0) is 4.74 Å². The van der Waals surface area contributed by atoms with Gasteiger partial charge in [0.05, 0.1) is 0 Å². The van der Waals surface area contributed by atoms with Gasteiger partial charge in [-0.3, -0.25) is 0 Å². The number of nitrogens with two attached hydrogens (primary N) is 1. The van der Waals surface area contributed by atoms with Gasteiger partial charge in [0, 0.05) is 32.3 Å². The number of nitrogens with zero attached hydrogens (tertiary/aromatic N) is 1. The number of hydrogen-bond acceptors (Lipinski definition) is 3. The lowest BCUT2D eigenvalue weighted by atomic mass is 9.83. The fourth-order valence-electron chi connectivity index (χ4n) is 3.05. The van der Waals surface area contributed by atoms with Gasteiger partial charge in [-0.25, -0.2) is 0 Å². The predicted octanol–water partition coefficient (Wildman–Crippen LogP) is 1.47. The fourth-order valence-corrected chi connectivity index (χ4v) is 3.05. The molecular weight excluding hydrogens is 200 g/mol. The Morgan fingerprint density at radius 2 is 1.94 bits per heavy atom. The van der Waals surface area contributed by atoms with Gasteiger partial charge in [0.25, 0.3) is 0 Å². The van der Waals surface area contributed by atoms with Crippen LogP contribution in [0.2, 0.25) is 0 Å². The zero-order valence-corrected chi connectivity index (χ0v) is 10.5. The van der Waals surface area contributed by atoms with Crippen LogP contribution in [0.5, 0.6) is 0 Å². The molecule has 1 aliphatic carbocycles. The van der Waals surface area contributed by atoms with Crippen LogP contribution < -0.4 is 5.73 Å². The quantitative estimate of drug-likeness (QED) is 0.771. The molecule has 1 atom stereocenters. The van der Waals surface area contributed by atoms with Crippen molar-refractivity contribution in [3.63, 3.8) is 0 Å². The molecule has 0 aromatic carbocycles. The molecule has 16 heavy (non-hydrogen) atoms. The highest BCUT2D eigenvalue weighted by atomic mass is 16.5. The maximum absolute atomic E-state index is 5.96. The van der Waals surface area contributed by atoms with E-state index in [1.165, 1.54) is 38.6 Å². The Balaban J connectivity index is 1.81. The Hall–Kier alpha value is -0.120. The lowest BCUT2D eigenvalue weighted by Gasteiger charge is -2.39. The van der Waals surface area contributed by atoms with Crippen molar-refractivity contribution in [2.24, 2.45) is 17.6 Å². The molecule has 1 aliphatic heterocycles. The monoisotopic (exact) mass is 226 g/mol. The van der Waals surface area contributed by atoms with Gasteiger partial charge in [-0.2, -0.15) is 0 Å². The van der Waals surface area contributed by atoms with Crippen LogP contribution in [-0.4, -0.2) is 44.3 Å². The van der Waals surface area contributed by atoms with Crippen molar-refractivity contribution in [1.82, 2.24) is 4.90 Å². The maximum Gasteiger partial charge on any atom is 0.0469 e. The average Bonchev–Trinajstić information content (AvgIpc) is 2.26. The number of rotatable bonds is 5. The van der Waals surface area contributed by atoms with Crippen LogP contribution in [0.3, 0.4) is 0 Å². The van der Waals surface area contributed by atoms with Crippen LogP contribution in [0.15, 0.2) is 0 Å². The van der Waals surface area contributed by atoms with Gasteiger partial charge in [-0.1, -0.05) is 6.42 Å². The minimum absolute atomic E-state index is 0.574. The lowest BCUT2D eigenvalue weighted by Crippen LogP contribution is -2.47. The molecule has 0 aromatic rings. The first kappa shape index (κ1) is 12.3. The summed E-state index contributed by atoms with van der Waals surface area (Å²) in [6, 6.07) is 0.574. The molecule has 2 fully saturated rings. The Kier molecular flexibility index (Phi) is 4.62. The van der Waals surface area contributed by atoms with Crippen molar-refractivity contribution in [3.05, 3.63) is 0 Å². The Bertz CT molecular complexity index is 200. The SMILES string of the molecule is CN(CC1CCC1)C(CN)C1CCOCC1. The molecule has 0 bridgehead atoms. The molecular formula is C13H26N2O. The van der Waals surface area contributed by atoms with Gasteiger partial charge in [0.1, 0.15) is 0 Å². The van der Waals surface area contributed by atoms with E-state index in [2.05, 4.69) is 11.9 Å². The van der Waals surface area contributed by atoms with E-state index < -0.39 is 0 Å². The molecule has 0 spiro atoms. The minimum Gasteiger partial charge on any atom is -0.381 e. The van der Waals surface area contributed by atoms with Gasteiger partial charge >= 0.3 is 0 Å². The molecule has 2 aliphatic rings. The van der Waals surface area contributed by atoms with E-state index in [1.54, 1.807) is 0 Å². The third-order valence-electron chi connectivity index (χ3n) is 4.39. The summed E-state index contributed by atoms with van der Waals surface area (Å²) in [5, 5.41) is 0. The zero-order valence-electron chi connectivity index (χ0n) is 10.5. The smallest absolute Gasteiger partial charge is 0.0469 e. The molecule has 94 valence electrons. The maximum atomic E-state index is 5.96. The Morgan fingerprint density at radius 1 is 1.25 bits per heavy atom. The Morgan fingerprint density at radius 3 is 2.44 bits per heavy atom. The highest BCUT2D eigenvalue weighted by Crippen LogP contribution is 2.29. The third-order valence-corrected chi connectivity index (χ3v) is 4.39. The van der Waals surface area contributed by atoms with E-state index in [1.807, 2.05) is 0 Å². The van der Waals surface area contributed by atoms with Gasteiger partial charge in [0.2, 0.25) is 0 Å². The van der Waals surface area contributed by atoms with Crippen LogP contribution in [0, 0.1) is 11.8 Å². The van der Waals surface area contributed by atoms with Crippen LogP contribution in [0.4, 0.5) is 0 Å². The predicted molar refractivity (Wildman–Crippen MR) is 66.4 cm³/mol. The molecule has 3 nitrogen and oxygen atoms in total.